The van der Waals surface area contributed by atoms with Crippen LogP contribution in [-0.4, -0.2) is 18.8 Å². The summed E-state index contributed by atoms with van der Waals surface area (Å²) in [5.41, 5.74) is 0.185. The molecule has 1 aromatic heterocycles. The Morgan fingerprint density at radius 1 is 1.43 bits per heavy atom. The van der Waals surface area contributed by atoms with Crippen LogP contribution in [0.4, 0.5) is 4.39 Å². The first kappa shape index (κ1) is 10.1. The van der Waals surface area contributed by atoms with E-state index in [1.54, 1.807) is 11.3 Å². The maximum absolute atomic E-state index is 14.4. The fourth-order valence-electron chi connectivity index (χ4n) is 2.03. The number of nitrogens with one attached hydrogen (secondary N) is 1. The van der Waals surface area contributed by atoms with Gasteiger partial charge in [-0.3, -0.25) is 0 Å². The van der Waals surface area contributed by atoms with Gasteiger partial charge in [0.05, 0.1) is 0 Å². The number of halogens is 1. The Morgan fingerprint density at radius 2 is 2.36 bits per heavy atom. The van der Waals surface area contributed by atoms with Crippen LogP contribution in [0.1, 0.15) is 24.8 Å². The summed E-state index contributed by atoms with van der Waals surface area (Å²) in [6.45, 7) is 1.79. The van der Waals surface area contributed by atoms with Gasteiger partial charge >= 0.3 is 0 Å². The molecular formula is C11H16FNS. The van der Waals surface area contributed by atoms with E-state index in [0.29, 0.717) is 19.3 Å². The third-order valence-corrected chi connectivity index (χ3v) is 3.56. The minimum Gasteiger partial charge on any atom is -0.317 e. The minimum absolute atomic E-state index is 0.595. The molecule has 0 radical (unpaired) electrons. The summed E-state index contributed by atoms with van der Waals surface area (Å²) < 4.78 is 14.4. The highest BCUT2D eigenvalue weighted by atomic mass is 32.1. The summed E-state index contributed by atoms with van der Waals surface area (Å²) in [6, 6.07) is 2.03. The van der Waals surface area contributed by atoms with E-state index in [1.807, 2.05) is 11.4 Å². The van der Waals surface area contributed by atoms with Crippen LogP contribution in [0.2, 0.25) is 0 Å². The van der Waals surface area contributed by atoms with Gasteiger partial charge in [0.2, 0.25) is 0 Å². The van der Waals surface area contributed by atoms with Gasteiger partial charge in [-0.1, -0.05) is 0 Å². The lowest BCUT2D eigenvalue weighted by Crippen LogP contribution is -2.27. The summed E-state index contributed by atoms with van der Waals surface area (Å²) in [7, 11) is 0. The second-order valence-corrected chi connectivity index (χ2v) is 4.84. The molecule has 2 rings (SSSR count). The number of alkyl halides is 1. The standard InChI is InChI=1S/C11H16FNS/c12-11(3-1-5-13-6-4-11)8-10-2-7-14-9-10/h2,7,9,13H,1,3-6,8H2. The number of rotatable bonds is 2. The predicted octanol–water partition coefficient (Wildman–Crippen LogP) is 2.77. The second kappa shape index (κ2) is 4.41. The normalized spacial score (nSPS) is 28.6. The highest BCUT2D eigenvalue weighted by Gasteiger charge is 2.30. The molecule has 78 valence electrons. The average Bonchev–Trinajstić information content (AvgIpc) is 2.55. The third-order valence-electron chi connectivity index (χ3n) is 2.83. The van der Waals surface area contributed by atoms with Crippen molar-refractivity contribution in [2.24, 2.45) is 0 Å². The molecule has 14 heavy (non-hydrogen) atoms. The first-order valence-corrected chi connectivity index (χ1v) is 6.14. The van der Waals surface area contributed by atoms with E-state index in [4.69, 9.17) is 0 Å². The van der Waals surface area contributed by atoms with Crippen molar-refractivity contribution in [3.05, 3.63) is 22.4 Å². The molecule has 1 saturated heterocycles. The quantitative estimate of drug-likeness (QED) is 0.796. The van der Waals surface area contributed by atoms with Crippen LogP contribution in [0.5, 0.6) is 0 Å². The third kappa shape index (κ3) is 2.55. The smallest absolute Gasteiger partial charge is 0.116 e. The summed E-state index contributed by atoms with van der Waals surface area (Å²) in [5, 5.41) is 7.32. The van der Waals surface area contributed by atoms with Crippen LogP contribution < -0.4 is 5.32 Å². The van der Waals surface area contributed by atoms with E-state index in [0.717, 1.165) is 25.1 Å². The summed E-state index contributed by atoms with van der Waals surface area (Å²) in [6.07, 6.45) is 2.91. The molecular weight excluding hydrogens is 197 g/mol. The Bertz CT molecular complexity index is 263. The Morgan fingerprint density at radius 3 is 3.14 bits per heavy atom. The second-order valence-electron chi connectivity index (χ2n) is 4.06. The monoisotopic (exact) mass is 213 g/mol. The lowest BCUT2D eigenvalue weighted by atomic mass is 9.90. The van der Waals surface area contributed by atoms with Gasteiger partial charge in [-0.2, -0.15) is 11.3 Å². The molecule has 1 nitrogen and oxygen atoms in total. The van der Waals surface area contributed by atoms with Crippen LogP contribution in [-0.2, 0) is 6.42 Å². The largest absolute Gasteiger partial charge is 0.317 e. The molecule has 1 N–H and O–H groups in total. The fourth-order valence-corrected chi connectivity index (χ4v) is 2.70. The van der Waals surface area contributed by atoms with Crippen LogP contribution in [0.15, 0.2) is 16.8 Å². The van der Waals surface area contributed by atoms with Crippen molar-refractivity contribution in [2.45, 2.75) is 31.4 Å². The van der Waals surface area contributed by atoms with Crippen LogP contribution in [0.25, 0.3) is 0 Å². The molecule has 0 aliphatic carbocycles. The highest BCUT2D eigenvalue weighted by Crippen LogP contribution is 2.29. The van der Waals surface area contributed by atoms with Crippen molar-refractivity contribution in [1.82, 2.24) is 5.32 Å². The zero-order valence-corrected chi connectivity index (χ0v) is 9.08. The number of thiophene rings is 1. The zero-order chi connectivity index (χ0) is 9.86. The average molecular weight is 213 g/mol. The van der Waals surface area contributed by atoms with Crippen molar-refractivity contribution in [3.8, 4) is 0 Å². The molecule has 0 spiro atoms. The first-order chi connectivity index (χ1) is 6.79. The molecule has 1 fully saturated rings. The van der Waals surface area contributed by atoms with Crippen molar-refractivity contribution < 1.29 is 4.39 Å². The van der Waals surface area contributed by atoms with Crippen LogP contribution in [0, 0.1) is 0 Å². The van der Waals surface area contributed by atoms with E-state index in [2.05, 4.69) is 10.7 Å². The molecule has 0 amide bonds. The molecule has 2 heterocycles. The molecule has 1 atom stereocenters. The molecule has 0 bridgehead atoms. The first-order valence-electron chi connectivity index (χ1n) is 5.19. The van der Waals surface area contributed by atoms with Gasteiger partial charge in [0.15, 0.2) is 0 Å². The van der Waals surface area contributed by atoms with E-state index >= 15 is 0 Å². The Kier molecular flexibility index (Phi) is 3.19. The zero-order valence-electron chi connectivity index (χ0n) is 8.26. The number of hydrogen-bond acceptors (Lipinski definition) is 2. The van der Waals surface area contributed by atoms with Crippen LogP contribution in [0.3, 0.4) is 0 Å². The summed E-state index contributed by atoms with van der Waals surface area (Å²) in [4.78, 5) is 0. The van der Waals surface area contributed by atoms with E-state index in [1.165, 1.54) is 0 Å². The van der Waals surface area contributed by atoms with Gasteiger partial charge < -0.3 is 5.32 Å². The van der Waals surface area contributed by atoms with E-state index in [-0.39, 0.29) is 0 Å². The van der Waals surface area contributed by atoms with Gasteiger partial charge in [0, 0.05) is 6.42 Å². The van der Waals surface area contributed by atoms with Gasteiger partial charge in [-0.25, -0.2) is 4.39 Å². The van der Waals surface area contributed by atoms with Crippen molar-refractivity contribution in [3.63, 3.8) is 0 Å². The summed E-state index contributed by atoms with van der Waals surface area (Å²) >= 11 is 1.65. The number of hydrogen-bond donors (Lipinski definition) is 1. The highest BCUT2D eigenvalue weighted by molar-refractivity contribution is 7.07. The van der Waals surface area contributed by atoms with Gasteiger partial charge in [-0.15, -0.1) is 0 Å². The molecule has 0 saturated carbocycles. The molecule has 3 heteroatoms. The lowest BCUT2D eigenvalue weighted by molar-refractivity contribution is 0.144. The Hall–Kier alpha value is -0.410. The minimum atomic E-state index is -0.968. The van der Waals surface area contributed by atoms with E-state index < -0.39 is 5.67 Å². The van der Waals surface area contributed by atoms with Gasteiger partial charge in [0.25, 0.3) is 0 Å². The SMILES string of the molecule is FC1(Cc2ccsc2)CCCNCC1. The Labute approximate surface area is 88.3 Å². The topological polar surface area (TPSA) is 12.0 Å². The molecule has 1 aliphatic rings. The van der Waals surface area contributed by atoms with Crippen molar-refractivity contribution >= 4 is 11.3 Å². The maximum Gasteiger partial charge on any atom is 0.116 e. The Balaban J connectivity index is 1.99. The lowest BCUT2D eigenvalue weighted by Gasteiger charge is -2.22. The molecule has 1 unspecified atom stereocenters. The maximum atomic E-state index is 14.4. The van der Waals surface area contributed by atoms with Crippen molar-refractivity contribution in [1.29, 1.82) is 0 Å². The van der Waals surface area contributed by atoms with Gasteiger partial charge in [0.1, 0.15) is 5.67 Å². The summed E-state index contributed by atoms with van der Waals surface area (Å²) in [5.74, 6) is 0. The molecule has 1 aliphatic heterocycles. The molecule has 1 aromatic rings. The van der Waals surface area contributed by atoms with Crippen molar-refractivity contribution in [2.75, 3.05) is 13.1 Å². The van der Waals surface area contributed by atoms with Crippen LogP contribution >= 0.6 is 11.3 Å². The predicted molar refractivity (Wildman–Crippen MR) is 58.6 cm³/mol. The van der Waals surface area contributed by atoms with Gasteiger partial charge in [-0.05, 0) is 54.7 Å². The fraction of sp³-hybridized carbons (Fsp3) is 0.636. The molecule has 0 aromatic carbocycles. The van der Waals surface area contributed by atoms with E-state index in [9.17, 15) is 4.39 Å².